The van der Waals surface area contributed by atoms with Crippen molar-refractivity contribution in [2.75, 3.05) is 32.0 Å². The number of likely N-dealkylation sites (N-methyl/N-ethyl adjacent to an activating group) is 1. The van der Waals surface area contributed by atoms with Crippen LogP contribution < -0.4 is 5.32 Å². The van der Waals surface area contributed by atoms with Gasteiger partial charge in [0.05, 0.1) is 12.2 Å². The Labute approximate surface area is 142 Å². The molecule has 0 aromatic heterocycles. The molecule has 3 atom stereocenters. The van der Waals surface area contributed by atoms with Gasteiger partial charge in [-0.15, -0.1) is 0 Å². The first-order valence-electron chi connectivity index (χ1n) is 8.50. The zero-order valence-electron chi connectivity index (χ0n) is 14.5. The third-order valence-electron chi connectivity index (χ3n) is 4.61. The Morgan fingerprint density at radius 2 is 1.79 bits per heavy atom. The van der Waals surface area contributed by atoms with Crippen LogP contribution in [0, 0.1) is 0 Å². The molecule has 1 aromatic rings. The van der Waals surface area contributed by atoms with Crippen molar-refractivity contribution in [1.82, 2.24) is 9.80 Å². The third-order valence-corrected chi connectivity index (χ3v) is 4.61. The Hall–Kier alpha value is -2.08. The van der Waals surface area contributed by atoms with E-state index in [4.69, 9.17) is 4.74 Å². The van der Waals surface area contributed by atoms with Gasteiger partial charge in [-0.25, -0.2) is 0 Å². The molecular formula is C18H25N3O3. The lowest BCUT2D eigenvalue weighted by molar-refractivity contribution is -0.127. The van der Waals surface area contributed by atoms with E-state index < -0.39 is 0 Å². The fraction of sp³-hybridized carbons (Fsp3) is 0.556. The Kier molecular flexibility index (Phi) is 4.76. The molecule has 2 saturated heterocycles. The summed E-state index contributed by atoms with van der Waals surface area (Å²) in [5.74, 6) is 0.145. The van der Waals surface area contributed by atoms with Gasteiger partial charge in [0.25, 0.3) is 5.91 Å². The number of carbonyl (C=O) groups is 2. The average molecular weight is 331 g/mol. The number of rotatable bonds is 3. The second kappa shape index (κ2) is 6.81. The first kappa shape index (κ1) is 16.8. The topological polar surface area (TPSA) is 61.9 Å². The molecule has 0 saturated carbocycles. The van der Waals surface area contributed by atoms with Gasteiger partial charge in [-0.1, -0.05) is 0 Å². The molecular weight excluding hydrogens is 306 g/mol. The van der Waals surface area contributed by atoms with Crippen molar-refractivity contribution >= 4 is 17.5 Å². The van der Waals surface area contributed by atoms with Gasteiger partial charge in [0, 0.05) is 37.9 Å². The number of hydrogen-bond acceptors (Lipinski definition) is 4. The Morgan fingerprint density at radius 1 is 1.17 bits per heavy atom. The van der Waals surface area contributed by atoms with E-state index in [9.17, 15) is 9.59 Å². The minimum absolute atomic E-state index is 0.0280. The molecule has 6 nitrogen and oxygen atoms in total. The molecule has 0 aliphatic carbocycles. The molecule has 130 valence electrons. The Balaban J connectivity index is 1.64. The second-order valence-electron chi connectivity index (χ2n) is 6.79. The van der Waals surface area contributed by atoms with Crippen LogP contribution in [0.15, 0.2) is 24.3 Å². The highest BCUT2D eigenvalue weighted by Gasteiger charge is 2.29. The Bertz CT molecular complexity index is 606. The monoisotopic (exact) mass is 331 g/mol. The maximum Gasteiger partial charge on any atom is 0.254 e. The van der Waals surface area contributed by atoms with Crippen LogP contribution in [0.1, 0.15) is 30.6 Å². The fourth-order valence-corrected chi connectivity index (χ4v) is 3.39. The third kappa shape index (κ3) is 3.53. The molecule has 1 aromatic carbocycles. The standard InChI is InChI=1S/C18H25N3O3/c1-12-10-21(11-13(2)24-12)17(22)14-4-6-15(7-5-14)19-16-8-9-20(3)18(16)23/h4-7,12-13,16,19H,8-11H2,1-3H3/t12-,13-,16+/m1/s1. The zero-order valence-corrected chi connectivity index (χ0v) is 14.5. The van der Waals surface area contributed by atoms with Crippen LogP contribution in [0.2, 0.25) is 0 Å². The van der Waals surface area contributed by atoms with Crippen LogP contribution >= 0.6 is 0 Å². The van der Waals surface area contributed by atoms with E-state index >= 15 is 0 Å². The lowest BCUT2D eigenvalue weighted by Gasteiger charge is -2.35. The average Bonchev–Trinajstić information content (AvgIpc) is 2.86. The summed E-state index contributed by atoms with van der Waals surface area (Å²) >= 11 is 0. The molecule has 6 heteroatoms. The summed E-state index contributed by atoms with van der Waals surface area (Å²) in [6.45, 7) is 5.98. The zero-order chi connectivity index (χ0) is 17.3. The van der Waals surface area contributed by atoms with E-state index in [0.717, 1.165) is 18.7 Å². The first-order chi connectivity index (χ1) is 11.4. The van der Waals surface area contributed by atoms with E-state index in [1.54, 1.807) is 4.90 Å². The number of nitrogens with zero attached hydrogens (tertiary/aromatic N) is 2. The maximum absolute atomic E-state index is 12.6. The van der Waals surface area contributed by atoms with E-state index in [2.05, 4.69) is 5.32 Å². The van der Waals surface area contributed by atoms with Crippen LogP contribution in [0.5, 0.6) is 0 Å². The van der Waals surface area contributed by atoms with Crippen LogP contribution in [-0.2, 0) is 9.53 Å². The smallest absolute Gasteiger partial charge is 0.254 e. The van der Waals surface area contributed by atoms with Gasteiger partial charge in [-0.2, -0.15) is 0 Å². The lowest BCUT2D eigenvalue weighted by atomic mass is 10.1. The van der Waals surface area contributed by atoms with Crippen molar-refractivity contribution < 1.29 is 14.3 Å². The largest absolute Gasteiger partial charge is 0.374 e. The normalized spacial score (nSPS) is 27.5. The summed E-state index contributed by atoms with van der Waals surface area (Å²) in [5.41, 5.74) is 1.53. The maximum atomic E-state index is 12.6. The molecule has 2 amide bonds. The highest BCUT2D eigenvalue weighted by Crippen LogP contribution is 2.19. The molecule has 3 rings (SSSR count). The molecule has 0 radical (unpaired) electrons. The number of nitrogens with one attached hydrogen (secondary N) is 1. The van der Waals surface area contributed by atoms with Gasteiger partial charge >= 0.3 is 0 Å². The second-order valence-corrected chi connectivity index (χ2v) is 6.79. The van der Waals surface area contributed by atoms with Gasteiger partial charge in [0.15, 0.2) is 0 Å². The van der Waals surface area contributed by atoms with Crippen molar-refractivity contribution in [2.45, 2.75) is 38.5 Å². The number of likely N-dealkylation sites (tertiary alicyclic amines) is 1. The van der Waals surface area contributed by atoms with Gasteiger partial charge in [-0.3, -0.25) is 9.59 Å². The molecule has 24 heavy (non-hydrogen) atoms. The number of ether oxygens (including phenoxy) is 1. The minimum atomic E-state index is -0.169. The highest BCUT2D eigenvalue weighted by molar-refractivity contribution is 5.95. The van der Waals surface area contributed by atoms with Crippen LogP contribution in [0.25, 0.3) is 0 Å². The summed E-state index contributed by atoms with van der Waals surface area (Å²) in [6, 6.07) is 7.20. The van der Waals surface area contributed by atoms with Crippen molar-refractivity contribution in [3.63, 3.8) is 0 Å². The number of hydrogen-bond donors (Lipinski definition) is 1. The molecule has 2 aliphatic heterocycles. The molecule has 0 spiro atoms. The number of anilines is 1. The molecule has 1 N–H and O–H groups in total. The van der Waals surface area contributed by atoms with E-state index in [-0.39, 0.29) is 30.1 Å². The number of amides is 2. The number of morpholine rings is 1. The molecule has 0 unspecified atom stereocenters. The Morgan fingerprint density at radius 3 is 2.33 bits per heavy atom. The van der Waals surface area contributed by atoms with Gasteiger partial charge in [0.2, 0.25) is 5.91 Å². The fourth-order valence-electron chi connectivity index (χ4n) is 3.39. The van der Waals surface area contributed by atoms with Crippen molar-refractivity contribution in [3.8, 4) is 0 Å². The van der Waals surface area contributed by atoms with E-state index in [1.165, 1.54) is 0 Å². The molecule has 2 fully saturated rings. The summed E-state index contributed by atoms with van der Waals surface area (Å²) < 4.78 is 5.67. The van der Waals surface area contributed by atoms with Gasteiger partial charge < -0.3 is 19.9 Å². The van der Waals surface area contributed by atoms with Crippen molar-refractivity contribution in [1.29, 1.82) is 0 Å². The quantitative estimate of drug-likeness (QED) is 0.913. The predicted molar refractivity (Wildman–Crippen MR) is 92.0 cm³/mol. The molecule has 2 aliphatic rings. The summed E-state index contributed by atoms with van der Waals surface area (Å²) in [5, 5.41) is 3.24. The summed E-state index contributed by atoms with van der Waals surface area (Å²) in [7, 11) is 1.82. The minimum Gasteiger partial charge on any atom is -0.374 e. The van der Waals surface area contributed by atoms with Crippen LogP contribution in [0.3, 0.4) is 0 Å². The van der Waals surface area contributed by atoms with Crippen molar-refractivity contribution in [3.05, 3.63) is 29.8 Å². The van der Waals surface area contributed by atoms with Crippen LogP contribution in [-0.4, -0.2) is 66.5 Å². The number of carbonyl (C=O) groups excluding carboxylic acids is 2. The molecule has 0 bridgehead atoms. The van der Waals surface area contributed by atoms with Gasteiger partial charge in [0.1, 0.15) is 6.04 Å². The predicted octanol–water partition coefficient (Wildman–Crippen LogP) is 1.58. The highest BCUT2D eigenvalue weighted by atomic mass is 16.5. The van der Waals surface area contributed by atoms with Crippen molar-refractivity contribution in [2.24, 2.45) is 0 Å². The summed E-state index contributed by atoms with van der Waals surface area (Å²) in [6.07, 6.45) is 0.924. The van der Waals surface area contributed by atoms with Crippen LogP contribution in [0.4, 0.5) is 5.69 Å². The lowest BCUT2D eigenvalue weighted by Crippen LogP contribution is -2.48. The van der Waals surface area contributed by atoms with E-state index in [0.29, 0.717) is 18.7 Å². The van der Waals surface area contributed by atoms with Gasteiger partial charge in [-0.05, 0) is 44.5 Å². The SMILES string of the molecule is C[C@@H]1CN(C(=O)c2ccc(N[C@H]3CCN(C)C3=O)cc2)C[C@@H](C)O1. The number of benzene rings is 1. The summed E-state index contributed by atoms with van der Waals surface area (Å²) in [4.78, 5) is 28.2. The first-order valence-corrected chi connectivity index (χ1v) is 8.50. The molecule has 2 heterocycles. The van der Waals surface area contributed by atoms with E-state index in [1.807, 2.05) is 50.1 Å².